The summed E-state index contributed by atoms with van der Waals surface area (Å²) in [6, 6.07) is 0. The fourth-order valence-corrected chi connectivity index (χ4v) is 3.18. The van der Waals surface area contributed by atoms with Crippen LogP contribution < -0.4 is 0 Å². The van der Waals surface area contributed by atoms with Gasteiger partial charge in [0.2, 0.25) is 0 Å². The molecule has 0 bridgehead atoms. The third kappa shape index (κ3) is 0.984. The normalized spacial score (nSPS) is 46.6. The molecule has 1 saturated carbocycles. The molecule has 76 valence electrons. The Morgan fingerprint density at radius 3 is 1.64 bits per heavy atom. The lowest BCUT2D eigenvalue weighted by Crippen LogP contribution is -2.35. The zero-order valence-electron chi connectivity index (χ0n) is 8.37. The highest BCUT2D eigenvalue weighted by atomic mass is 16.5. The Labute approximate surface area is 84.6 Å². The van der Waals surface area contributed by atoms with Gasteiger partial charge in [0.1, 0.15) is 0 Å². The van der Waals surface area contributed by atoms with Crippen molar-refractivity contribution >= 4 is 0 Å². The maximum Gasteiger partial charge on any atom is 0.0538 e. The summed E-state index contributed by atoms with van der Waals surface area (Å²) >= 11 is 0. The molecule has 2 heterocycles. The quantitative estimate of drug-likeness (QED) is 0.581. The van der Waals surface area contributed by atoms with Crippen LogP contribution in [-0.2, 0) is 9.47 Å². The van der Waals surface area contributed by atoms with Crippen LogP contribution in [0.4, 0.5) is 0 Å². The van der Waals surface area contributed by atoms with Gasteiger partial charge in [0, 0.05) is 11.8 Å². The number of hydrogen-bond donors (Lipinski definition) is 0. The average Bonchev–Trinajstić information content (AvgIpc) is 2.80. The lowest BCUT2D eigenvalue weighted by molar-refractivity contribution is 0.149. The topological polar surface area (TPSA) is 18.5 Å². The zero-order chi connectivity index (χ0) is 9.71. The second-order valence-corrected chi connectivity index (χ2v) is 4.67. The van der Waals surface area contributed by atoms with Gasteiger partial charge < -0.3 is 9.47 Å². The van der Waals surface area contributed by atoms with Crippen LogP contribution in [0.25, 0.3) is 0 Å². The molecule has 2 saturated heterocycles. The van der Waals surface area contributed by atoms with Crippen molar-refractivity contribution in [3.63, 3.8) is 0 Å². The molecule has 1 aliphatic carbocycles. The number of hydrogen-bond acceptors (Lipinski definition) is 2. The van der Waals surface area contributed by atoms with E-state index in [4.69, 9.17) is 9.47 Å². The molecule has 3 aliphatic rings. The van der Waals surface area contributed by atoms with E-state index in [0.717, 1.165) is 26.4 Å². The van der Waals surface area contributed by atoms with Crippen LogP contribution in [0.2, 0.25) is 0 Å². The van der Waals surface area contributed by atoms with Gasteiger partial charge in [-0.2, -0.15) is 0 Å². The molecule has 0 N–H and O–H groups in total. The molecular weight excluding hydrogens is 176 g/mol. The van der Waals surface area contributed by atoms with E-state index in [2.05, 4.69) is 13.2 Å². The van der Waals surface area contributed by atoms with E-state index < -0.39 is 0 Å². The first-order valence-electron chi connectivity index (χ1n) is 5.32. The van der Waals surface area contributed by atoms with Crippen molar-refractivity contribution in [1.82, 2.24) is 0 Å². The van der Waals surface area contributed by atoms with Gasteiger partial charge in [-0.15, -0.1) is 0 Å². The molecule has 3 rings (SSSR count). The van der Waals surface area contributed by atoms with Gasteiger partial charge in [-0.05, 0) is 23.0 Å². The van der Waals surface area contributed by atoms with Crippen LogP contribution in [0.1, 0.15) is 0 Å². The van der Waals surface area contributed by atoms with E-state index in [9.17, 15) is 0 Å². The van der Waals surface area contributed by atoms with Gasteiger partial charge in [-0.25, -0.2) is 0 Å². The van der Waals surface area contributed by atoms with Crippen molar-refractivity contribution in [2.24, 2.45) is 23.7 Å². The van der Waals surface area contributed by atoms with E-state index in [0.29, 0.717) is 23.7 Å². The van der Waals surface area contributed by atoms with Crippen molar-refractivity contribution < 1.29 is 9.47 Å². The van der Waals surface area contributed by atoms with E-state index >= 15 is 0 Å². The van der Waals surface area contributed by atoms with E-state index in [-0.39, 0.29) is 0 Å². The van der Waals surface area contributed by atoms with Crippen LogP contribution in [0.3, 0.4) is 0 Å². The van der Waals surface area contributed by atoms with Crippen LogP contribution >= 0.6 is 0 Å². The summed E-state index contributed by atoms with van der Waals surface area (Å²) in [7, 11) is 0. The van der Waals surface area contributed by atoms with Gasteiger partial charge >= 0.3 is 0 Å². The van der Waals surface area contributed by atoms with Crippen molar-refractivity contribution in [3.8, 4) is 0 Å². The van der Waals surface area contributed by atoms with Gasteiger partial charge in [-0.3, -0.25) is 0 Å². The molecule has 2 aliphatic heterocycles. The molecule has 14 heavy (non-hydrogen) atoms. The fourth-order valence-electron chi connectivity index (χ4n) is 3.18. The molecule has 4 atom stereocenters. The molecule has 0 aromatic carbocycles. The van der Waals surface area contributed by atoms with Gasteiger partial charge in [0.25, 0.3) is 0 Å². The predicted molar refractivity (Wildman–Crippen MR) is 53.9 cm³/mol. The highest BCUT2D eigenvalue weighted by Crippen LogP contribution is 2.49. The Kier molecular flexibility index (Phi) is 1.83. The van der Waals surface area contributed by atoms with Crippen molar-refractivity contribution in [2.45, 2.75) is 0 Å². The summed E-state index contributed by atoms with van der Waals surface area (Å²) < 4.78 is 11.1. The molecule has 0 radical (unpaired) electrons. The van der Waals surface area contributed by atoms with Gasteiger partial charge in [-0.1, -0.05) is 13.2 Å². The largest absolute Gasteiger partial charge is 0.380 e. The first-order chi connectivity index (χ1) is 6.79. The molecular formula is C12H16O2. The van der Waals surface area contributed by atoms with Crippen molar-refractivity contribution in [2.75, 3.05) is 26.4 Å². The van der Waals surface area contributed by atoms with Gasteiger partial charge in [0.05, 0.1) is 26.4 Å². The molecule has 3 fully saturated rings. The summed E-state index contributed by atoms with van der Waals surface area (Å²) in [4.78, 5) is 0. The SMILES string of the molecule is C=C1C(=C)[C@@H]2COC[C@H]2[C@@H]2COC[C@H]12. The minimum atomic E-state index is 0.519. The minimum absolute atomic E-state index is 0.519. The second kappa shape index (κ2) is 2.94. The molecule has 2 heteroatoms. The fraction of sp³-hybridized carbons (Fsp3) is 0.667. The standard InChI is InChI=1S/C12H16O2/c1-7-8(2)10-4-14-6-12(10)11-5-13-3-9(7)11/h9-12H,1-6H2/t9-,10+,11-,12-/m1/s1. The third-order valence-electron chi connectivity index (χ3n) is 4.11. The lowest BCUT2D eigenvalue weighted by Gasteiger charge is -2.36. The highest BCUT2D eigenvalue weighted by Gasteiger charge is 2.48. The number of ether oxygens (including phenoxy) is 2. The van der Waals surface area contributed by atoms with E-state index in [1.165, 1.54) is 11.1 Å². The Morgan fingerprint density at radius 2 is 1.21 bits per heavy atom. The Hall–Kier alpha value is -0.600. The second-order valence-electron chi connectivity index (χ2n) is 4.67. The summed E-state index contributed by atoms with van der Waals surface area (Å²) in [5.74, 6) is 2.32. The maximum atomic E-state index is 5.56. The highest BCUT2D eigenvalue weighted by molar-refractivity contribution is 5.36. The van der Waals surface area contributed by atoms with Gasteiger partial charge in [0.15, 0.2) is 0 Å². The Bertz CT molecular complexity index is 265. The van der Waals surface area contributed by atoms with Crippen LogP contribution in [0, 0.1) is 23.7 Å². The summed E-state index contributed by atoms with van der Waals surface area (Å²) in [5.41, 5.74) is 2.44. The van der Waals surface area contributed by atoms with Crippen LogP contribution in [0.5, 0.6) is 0 Å². The summed E-state index contributed by atoms with van der Waals surface area (Å²) in [6.07, 6.45) is 0. The van der Waals surface area contributed by atoms with Crippen molar-refractivity contribution in [1.29, 1.82) is 0 Å². The van der Waals surface area contributed by atoms with Crippen LogP contribution in [0.15, 0.2) is 24.3 Å². The summed E-state index contributed by atoms with van der Waals surface area (Å²) in [6.45, 7) is 11.8. The molecule has 0 spiro atoms. The molecule has 0 amide bonds. The Balaban J connectivity index is 1.96. The first kappa shape index (κ1) is 8.69. The third-order valence-corrected chi connectivity index (χ3v) is 4.11. The van der Waals surface area contributed by atoms with Crippen LogP contribution in [-0.4, -0.2) is 26.4 Å². The monoisotopic (exact) mass is 192 g/mol. The first-order valence-corrected chi connectivity index (χ1v) is 5.32. The van der Waals surface area contributed by atoms with E-state index in [1.54, 1.807) is 0 Å². The predicted octanol–water partition coefficient (Wildman–Crippen LogP) is 1.64. The van der Waals surface area contributed by atoms with Crippen molar-refractivity contribution in [3.05, 3.63) is 24.3 Å². The molecule has 0 aromatic heterocycles. The minimum Gasteiger partial charge on any atom is -0.380 e. The Morgan fingerprint density at radius 1 is 0.786 bits per heavy atom. The molecule has 2 nitrogen and oxygen atoms in total. The van der Waals surface area contributed by atoms with E-state index in [1.807, 2.05) is 0 Å². The maximum absolute atomic E-state index is 5.56. The number of fused-ring (bicyclic) bond motifs is 3. The average molecular weight is 192 g/mol. The zero-order valence-corrected chi connectivity index (χ0v) is 8.37. The number of rotatable bonds is 0. The lowest BCUT2D eigenvalue weighted by atomic mass is 9.65. The summed E-state index contributed by atoms with van der Waals surface area (Å²) in [5, 5.41) is 0. The molecule has 0 aromatic rings. The smallest absolute Gasteiger partial charge is 0.0538 e. The molecule has 0 unspecified atom stereocenters.